The zero-order valence-corrected chi connectivity index (χ0v) is 12.1. The van der Waals surface area contributed by atoms with E-state index in [1.165, 1.54) is 11.1 Å². The molecule has 18 heavy (non-hydrogen) atoms. The number of benzene rings is 1. The maximum Gasteiger partial charge on any atom is 0.227 e. The highest BCUT2D eigenvalue weighted by Crippen LogP contribution is 2.33. The molecule has 0 fully saturated rings. The Bertz CT molecular complexity index is 468. The van der Waals surface area contributed by atoms with E-state index in [-0.39, 0.29) is 17.4 Å². The average Bonchev–Trinajstić information content (AvgIpc) is 2.26. The third-order valence-electron chi connectivity index (χ3n) is 3.60. The van der Waals surface area contributed by atoms with E-state index in [0.717, 1.165) is 12.1 Å². The molecule has 0 radical (unpaired) electrons. The Hall–Kier alpha value is -1.31. The fourth-order valence-corrected chi connectivity index (χ4v) is 2.55. The summed E-state index contributed by atoms with van der Waals surface area (Å²) in [6, 6.07) is 6.79. The second kappa shape index (κ2) is 4.42. The molecule has 1 aromatic carbocycles. The maximum absolute atomic E-state index is 12.0. The summed E-state index contributed by atoms with van der Waals surface area (Å²) in [5.74, 6) is 0.251. The molecule has 0 unspecified atom stereocenters. The normalized spacial score (nSPS) is 16.1. The molecule has 0 bridgehead atoms. The van der Waals surface area contributed by atoms with Gasteiger partial charge in [-0.1, -0.05) is 32.9 Å². The molecule has 0 N–H and O–H groups in total. The van der Waals surface area contributed by atoms with Gasteiger partial charge in [-0.25, -0.2) is 0 Å². The van der Waals surface area contributed by atoms with E-state index in [9.17, 15) is 4.79 Å². The molecule has 0 aliphatic carbocycles. The van der Waals surface area contributed by atoms with E-state index in [2.05, 4.69) is 52.8 Å². The standard InChI is InChI=1S/C16H23NO/c1-11(2)17-14-8-7-13(16(3,4)5)10-12(14)6-9-15(17)18/h7-8,10-11H,6,9H2,1-5H3. The first-order chi connectivity index (χ1) is 8.30. The summed E-state index contributed by atoms with van der Waals surface area (Å²) in [7, 11) is 0. The highest BCUT2D eigenvalue weighted by molar-refractivity contribution is 5.96. The Morgan fingerprint density at radius 3 is 2.39 bits per heavy atom. The third-order valence-corrected chi connectivity index (χ3v) is 3.60. The van der Waals surface area contributed by atoms with Gasteiger partial charge in [0, 0.05) is 18.2 Å². The fraction of sp³-hybridized carbons (Fsp3) is 0.562. The van der Waals surface area contributed by atoms with Crippen LogP contribution in [0.2, 0.25) is 0 Å². The number of carbonyl (C=O) groups is 1. The minimum absolute atomic E-state index is 0.166. The van der Waals surface area contributed by atoms with Crippen LogP contribution >= 0.6 is 0 Å². The summed E-state index contributed by atoms with van der Waals surface area (Å²) >= 11 is 0. The van der Waals surface area contributed by atoms with Gasteiger partial charge in [0.1, 0.15) is 0 Å². The van der Waals surface area contributed by atoms with Gasteiger partial charge in [-0.05, 0) is 42.9 Å². The molecule has 98 valence electrons. The Balaban J connectivity index is 2.47. The number of nitrogens with zero attached hydrogens (tertiary/aromatic N) is 1. The van der Waals surface area contributed by atoms with E-state index < -0.39 is 0 Å². The van der Waals surface area contributed by atoms with Crippen molar-refractivity contribution in [3.63, 3.8) is 0 Å². The van der Waals surface area contributed by atoms with Crippen molar-refractivity contribution in [3.05, 3.63) is 29.3 Å². The molecular weight excluding hydrogens is 222 g/mol. The summed E-state index contributed by atoms with van der Waals surface area (Å²) in [6.07, 6.45) is 1.51. The molecule has 0 atom stereocenters. The van der Waals surface area contributed by atoms with Gasteiger partial charge in [-0.2, -0.15) is 0 Å². The van der Waals surface area contributed by atoms with Gasteiger partial charge >= 0.3 is 0 Å². The quantitative estimate of drug-likeness (QED) is 0.739. The highest BCUT2D eigenvalue weighted by Gasteiger charge is 2.27. The monoisotopic (exact) mass is 245 g/mol. The summed E-state index contributed by atoms with van der Waals surface area (Å²) in [6.45, 7) is 10.8. The van der Waals surface area contributed by atoms with Crippen LogP contribution < -0.4 is 4.90 Å². The van der Waals surface area contributed by atoms with Crippen molar-refractivity contribution in [3.8, 4) is 0 Å². The summed E-state index contributed by atoms with van der Waals surface area (Å²) in [5.41, 5.74) is 3.93. The zero-order chi connectivity index (χ0) is 13.5. The number of fused-ring (bicyclic) bond motifs is 1. The van der Waals surface area contributed by atoms with Crippen molar-refractivity contribution in [2.45, 2.75) is 58.9 Å². The van der Waals surface area contributed by atoms with E-state index >= 15 is 0 Å². The average molecular weight is 245 g/mol. The summed E-state index contributed by atoms with van der Waals surface area (Å²) in [4.78, 5) is 13.9. The lowest BCUT2D eigenvalue weighted by Crippen LogP contribution is -2.40. The van der Waals surface area contributed by atoms with Crippen molar-refractivity contribution in [2.75, 3.05) is 4.90 Å². The fourth-order valence-electron chi connectivity index (χ4n) is 2.55. The van der Waals surface area contributed by atoms with Crippen molar-refractivity contribution < 1.29 is 4.79 Å². The first-order valence-electron chi connectivity index (χ1n) is 6.76. The van der Waals surface area contributed by atoms with Gasteiger partial charge in [0.2, 0.25) is 5.91 Å². The van der Waals surface area contributed by atoms with E-state index in [0.29, 0.717) is 6.42 Å². The van der Waals surface area contributed by atoms with Gasteiger partial charge in [0.05, 0.1) is 0 Å². The third kappa shape index (κ3) is 2.29. The second-order valence-corrected chi connectivity index (χ2v) is 6.45. The van der Waals surface area contributed by atoms with Crippen molar-refractivity contribution in [1.29, 1.82) is 0 Å². The Morgan fingerprint density at radius 1 is 1.17 bits per heavy atom. The SMILES string of the molecule is CC(C)N1C(=O)CCc2cc(C(C)(C)C)ccc21. The maximum atomic E-state index is 12.0. The predicted molar refractivity (Wildman–Crippen MR) is 76.1 cm³/mol. The van der Waals surface area contributed by atoms with Crippen LogP contribution in [-0.2, 0) is 16.6 Å². The van der Waals surface area contributed by atoms with E-state index in [4.69, 9.17) is 0 Å². The number of aryl methyl sites for hydroxylation is 1. The molecule has 1 heterocycles. The molecule has 0 spiro atoms. The molecule has 2 nitrogen and oxygen atoms in total. The van der Waals surface area contributed by atoms with Gasteiger partial charge in [-0.3, -0.25) is 4.79 Å². The number of amides is 1. The molecule has 1 aromatic rings. The number of hydrogen-bond donors (Lipinski definition) is 0. The van der Waals surface area contributed by atoms with Gasteiger partial charge in [0.15, 0.2) is 0 Å². The lowest BCUT2D eigenvalue weighted by atomic mass is 9.84. The highest BCUT2D eigenvalue weighted by atomic mass is 16.2. The van der Waals surface area contributed by atoms with Crippen LogP contribution in [0.1, 0.15) is 52.2 Å². The van der Waals surface area contributed by atoms with Crippen LogP contribution in [0.15, 0.2) is 18.2 Å². The number of carbonyl (C=O) groups excluding carboxylic acids is 1. The molecule has 0 aromatic heterocycles. The van der Waals surface area contributed by atoms with Gasteiger partial charge in [0.25, 0.3) is 0 Å². The zero-order valence-electron chi connectivity index (χ0n) is 12.1. The minimum Gasteiger partial charge on any atom is -0.310 e. The first kappa shape index (κ1) is 13.1. The lowest BCUT2D eigenvalue weighted by molar-refractivity contribution is -0.119. The second-order valence-electron chi connectivity index (χ2n) is 6.45. The largest absolute Gasteiger partial charge is 0.310 e. The van der Waals surface area contributed by atoms with Crippen LogP contribution in [0.3, 0.4) is 0 Å². The molecule has 1 amide bonds. The van der Waals surface area contributed by atoms with Crippen LogP contribution in [0.4, 0.5) is 5.69 Å². The Morgan fingerprint density at radius 2 is 1.83 bits per heavy atom. The van der Waals surface area contributed by atoms with Gasteiger partial charge < -0.3 is 4.90 Å². The van der Waals surface area contributed by atoms with Crippen LogP contribution in [0.25, 0.3) is 0 Å². The van der Waals surface area contributed by atoms with E-state index in [1.807, 2.05) is 4.90 Å². The van der Waals surface area contributed by atoms with Crippen LogP contribution in [0.5, 0.6) is 0 Å². The van der Waals surface area contributed by atoms with Crippen LogP contribution in [0, 0.1) is 0 Å². The van der Waals surface area contributed by atoms with Crippen molar-refractivity contribution in [2.24, 2.45) is 0 Å². The van der Waals surface area contributed by atoms with Gasteiger partial charge in [-0.15, -0.1) is 0 Å². The summed E-state index contributed by atoms with van der Waals surface area (Å²) in [5, 5.41) is 0. The lowest BCUT2D eigenvalue weighted by Gasteiger charge is -2.34. The summed E-state index contributed by atoms with van der Waals surface area (Å²) < 4.78 is 0. The molecule has 1 aliphatic heterocycles. The molecule has 0 saturated heterocycles. The number of anilines is 1. The molecule has 2 heteroatoms. The van der Waals surface area contributed by atoms with Crippen molar-refractivity contribution >= 4 is 11.6 Å². The minimum atomic E-state index is 0.166. The first-order valence-corrected chi connectivity index (χ1v) is 6.76. The van der Waals surface area contributed by atoms with Crippen molar-refractivity contribution in [1.82, 2.24) is 0 Å². The molecule has 2 rings (SSSR count). The topological polar surface area (TPSA) is 20.3 Å². The molecular formula is C16H23NO. The molecule has 1 aliphatic rings. The Labute approximate surface area is 110 Å². The Kier molecular flexibility index (Phi) is 3.22. The molecule has 0 saturated carbocycles. The van der Waals surface area contributed by atoms with Crippen LogP contribution in [-0.4, -0.2) is 11.9 Å². The number of hydrogen-bond acceptors (Lipinski definition) is 1. The van der Waals surface area contributed by atoms with E-state index in [1.54, 1.807) is 0 Å². The number of rotatable bonds is 1. The predicted octanol–water partition coefficient (Wildman–Crippen LogP) is 3.67. The smallest absolute Gasteiger partial charge is 0.227 e.